The zero-order valence-electron chi connectivity index (χ0n) is 16.7. The topological polar surface area (TPSA) is 69.7 Å². The Labute approximate surface area is 152 Å². The monoisotopic (exact) mass is 356 g/mol. The number of hydrogen-bond donors (Lipinski definition) is 0. The number of unbranched alkanes of at least 4 members (excludes halogenated alkanes) is 4. The molecule has 25 heavy (non-hydrogen) atoms. The highest BCUT2D eigenvalue weighted by atomic mass is 16.6. The van der Waals surface area contributed by atoms with E-state index in [0.29, 0.717) is 18.6 Å². The van der Waals surface area contributed by atoms with Gasteiger partial charge in [0.15, 0.2) is 5.78 Å². The lowest BCUT2D eigenvalue weighted by Gasteiger charge is -2.19. The summed E-state index contributed by atoms with van der Waals surface area (Å²) in [5.41, 5.74) is -0.538. The van der Waals surface area contributed by atoms with Crippen molar-refractivity contribution in [2.24, 2.45) is 5.92 Å². The van der Waals surface area contributed by atoms with Crippen LogP contribution in [0.25, 0.3) is 0 Å². The standard InChI is InChI=1S/C20H36O5/c1-6-16(2)18(22)13-11-9-7-8-10-12-17(21)14-24-15-19(23)25-20(3,4)5/h16H,6-15H2,1-5H3. The number of ether oxygens (including phenoxy) is 2. The lowest BCUT2D eigenvalue weighted by molar-refractivity contribution is -0.160. The fourth-order valence-corrected chi connectivity index (χ4v) is 2.32. The average Bonchev–Trinajstić information content (AvgIpc) is 2.51. The van der Waals surface area contributed by atoms with Crippen LogP contribution >= 0.6 is 0 Å². The van der Waals surface area contributed by atoms with Crippen molar-refractivity contribution in [2.75, 3.05) is 13.2 Å². The minimum Gasteiger partial charge on any atom is -0.458 e. The van der Waals surface area contributed by atoms with Crippen molar-refractivity contribution < 1.29 is 23.9 Å². The molecular weight excluding hydrogens is 320 g/mol. The maximum Gasteiger partial charge on any atom is 0.332 e. The van der Waals surface area contributed by atoms with Crippen molar-refractivity contribution in [1.29, 1.82) is 0 Å². The molecular formula is C20H36O5. The van der Waals surface area contributed by atoms with E-state index in [1.165, 1.54) is 0 Å². The van der Waals surface area contributed by atoms with E-state index in [9.17, 15) is 14.4 Å². The van der Waals surface area contributed by atoms with Crippen LogP contribution in [0.1, 0.15) is 86.0 Å². The summed E-state index contributed by atoms with van der Waals surface area (Å²) in [5.74, 6) is 0.0980. The van der Waals surface area contributed by atoms with Gasteiger partial charge in [0.1, 0.15) is 24.6 Å². The highest BCUT2D eigenvalue weighted by Gasteiger charge is 2.16. The van der Waals surface area contributed by atoms with E-state index in [0.717, 1.165) is 38.5 Å². The van der Waals surface area contributed by atoms with Gasteiger partial charge < -0.3 is 9.47 Å². The van der Waals surface area contributed by atoms with Gasteiger partial charge in [-0.05, 0) is 40.0 Å². The molecule has 0 aromatic rings. The summed E-state index contributed by atoms with van der Waals surface area (Å²) in [5, 5.41) is 0. The predicted octanol–water partition coefficient (Wildman–Crippen LogP) is 4.26. The lowest BCUT2D eigenvalue weighted by atomic mass is 9.98. The first-order valence-corrected chi connectivity index (χ1v) is 9.49. The molecule has 1 unspecified atom stereocenters. The highest BCUT2D eigenvalue weighted by molar-refractivity contribution is 5.80. The van der Waals surface area contributed by atoms with Crippen LogP contribution in [0.2, 0.25) is 0 Å². The molecule has 0 heterocycles. The molecule has 0 rings (SSSR count). The summed E-state index contributed by atoms with van der Waals surface area (Å²) in [6.45, 7) is 9.16. The number of carbonyl (C=O) groups is 3. The van der Waals surface area contributed by atoms with E-state index in [-0.39, 0.29) is 24.9 Å². The van der Waals surface area contributed by atoms with Gasteiger partial charge in [0, 0.05) is 18.8 Å². The van der Waals surface area contributed by atoms with Crippen molar-refractivity contribution in [1.82, 2.24) is 0 Å². The Balaban J connectivity index is 3.53. The van der Waals surface area contributed by atoms with Crippen molar-refractivity contribution in [2.45, 2.75) is 91.6 Å². The second kappa shape index (κ2) is 13.0. The zero-order valence-corrected chi connectivity index (χ0v) is 16.7. The minimum absolute atomic E-state index is 0.00973. The molecule has 0 radical (unpaired) electrons. The molecule has 5 nitrogen and oxygen atoms in total. The van der Waals surface area contributed by atoms with Crippen LogP contribution in [0, 0.1) is 5.92 Å². The van der Waals surface area contributed by atoms with Gasteiger partial charge in [0.2, 0.25) is 0 Å². The third-order valence-electron chi connectivity index (χ3n) is 3.94. The van der Waals surface area contributed by atoms with Crippen molar-refractivity contribution >= 4 is 17.5 Å². The van der Waals surface area contributed by atoms with Crippen LogP contribution < -0.4 is 0 Å². The van der Waals surface area contributed by atoms with Gasteiger partial charge in [-0.25, -0.2) is 4.79 Å². The molecule has 5 heteroatoms. The average molecular weight is 357 g/mol. The van der Waals surface area contributed by atoms with Crippen LogP contribution in [-0.4, -0.2) is 36.4 Å². The summed E-state index contributed by atoms with van der Waals surface area (Å²) < 4.78 is 10.2. The zero-order chi connectivity index (χ0) is 19.3. The van der Waals surface area contributed by atoms with Crippen molar-refractivity contribution in [3.05, 3.63) is 0 Å². The van der Waals surface area contributed by atoms with Crippen molar-refractivity contribution in [3.8, 4) is 0 Å². The van der Waals surface area contributed by atoms with E-state index in [4.69, 9.17) is 9.47 Å². The minimum atomic E-state index is -0.538. The van der Waals surface area contributed by atoms with Crippen LogP contribution in [0.5, 0.6) is 0 Å². The van der Waals surface area contributed by atoms with Gasteiger partial charge in [-0.1, -0.05) is 33.1 Å². The Hall–Kier alpha value is -1.23. The maximum absolute atomic E-state index is 11.7. The fraction of sp³-hybridized carbons (Fsp3) is 0.850. The van der Waals surface area contributed by atoms with Gasteiger partial charge in [-0.3, -0.25) is 9.59 Å². The molecule has 0 saturated carbocycles. The fourth-order valence-electron chi connectivity index (χ4n) is 2.32. The molecule has 0 amide bonds. The van der Waals surface area contributed by atoms with Crippen LogP contribution in [0.15, 0.2) is 0 Å². The second-order valence-corrected chi connectivity index (χ2v) is 7.66. The number of carbonyl (C=O) groups excluding carboxylic acids is 3. The molecule has 1 atom stereocenters. The van der Waals surface area contributed by atoms with Crippen LogP contribution in [-0.2, 0) is 23.9 Å². The number of Topliss-reactive ketones (excluding diaryl/α,β-unsaturated/α-hetero) is 2. The van der Waals surface area contributed by atoms with Gasteiger partial charge in [-0.15, -0.1) is 0 Å². The van der Waals surface area contributed by atoms with E-state index in [1.807, 2.05) is 13.8 Å². The number of rotatable bonds is 14. The molecule has 0 aliphatic heterocycles. The second-order valence-electron chi connectivity index (χ2n) is 7.66. The third-order valence-corrected chi connectivity index (χ3v) is 3.94. The van der Waals surface area contributed by atoms with E-state index in [1.54, 1.807) is 20.8 Å². The van der Waals surface area contributed by atoms with Crippen molar-refractivity contribution in [3.63, 3.8) is 0 Å². The van der Waals surface area contributed by atoms with Crippen LogP contribution in [0.3, 0.4) is 0 Å². The van der Waals surface area contributed by atoms with Gasteiger partial charge >= 0.3 is 5.97 Å². The van der Waals surface area contributed by atoms with Gasteiger partial charge in [-0.2, -0.15) is 0 Å². The first-order valence-electron chi connectivity index (χ1n) is 9.49. The summed E-state index contributed by atoms with van der Waals surface area (Å²) in [4.78, 5) is 34.8. The predicted molar refractivity (Wildman–Crippen MR) is 98.5 cm³/mol. The van der Waals surface area contributed by atoms with E-state index < -0.39 is 11.6 Å². The molecule has 146 valence electrons. The molecule has 0 aromatic carbocycles. The molecule has 0 N–H and O–H groups in total. The first-order chi connectivity index (χ1) is 11.7. The Kier molecular flexibility index (Phi) is 12.4. The van der Waals surface area contributed by atoms with Gasteiger partial charge in [0.25, 0.3) is 0 Å². The summed E-state index contributed by atoms with van der Waals surface area (Å²) >= 11 is 0. The summed E-state index contributed by atoms with van der Waals surface area (Å²) in [6, 6.07) is 0. The molecule has 0 bridgehead atoms. The normalized spacial score (nSPS) is 12.7. The van der Waals surface area contributed by atoms with E-state index >= 15 is 0 Å². The smallest absolute Gasteiger partial charge is 0.332 e. The largest absolute Gasteiger partial charge is 0.458 e. The lowest BCUT2D eigenvalue weighted by Crippen LogP contribution is -2.27. The molecule has 0 spiro atoms. The third kappa shape index (κ3) is 14.8. The Morgan fingerprint density at radius 3 is 2.00 bits per heavy atom. The van der Waals surface area contributed by atoms with E-state index in [2.05, 4.69) is 0 Å². The summed E-state index contributed by atoms with van der Waals surface area (Å²) in [7, 11) is 0. The SMILES string of the molecule is CCC(C)C(=O)CCCCCCCC(=O)COCC(=O)OC(C)(C)C. The quantitative estimate of drug-likeness (QED) is 0.343. The number of hydrogen-bond acceptors (Lipinski definition) is 5. The Morgan fingerprint density at radius 2 is 1.44 bits per heavy atom. The van der Waals surface area contributed by atoms with Gasteiger partial charge in [0.05, 0.1) is 0 Å². The molecule has 0 aliphatic carbocycles. The Bertz CT molecular complexity index is 409. The first kappa shape index (κ1) is 23.8. The highest BCUT2D eigenvalue weighted by Crippen LogP contribution is 2.12. The maximum atomic E-state index is 11.7. The molecule has 0 aliphatic rings. The Morgan fingerprint density at radius 1 is 0.880 bits per heavy atom. The molecule has 0 fully saturated rings. The number of ketones is 2. The molecule has 0 aromatic heterocycles. The number of esters is 1. The van der Waals surface area contributed by atoms with Crippen LogP contribution in [0.4, 0.5) is 0 Å². The molecule has 0 saturated heterocycles. The summed E-state index contributed by atoms with van der Waals surface area (Å²) in [6.07, 6.45) is 6.88.